The Labute approximate surface area is 139 Å². The fraction of sp³-hybridized carbons (Fsp3) is 0.0526. The van der Waals surface area contributed by atoms with E-state index in [1.54, 1.807) is 48.9 Å². The fourth-order valence-electron chi connectivity index (χ4n) is 2.29. The van der Waals surface area contributed by atoms with Crippen molar-refractivity contribution in [3.63, 3.8) is 0 Å². The number of hydrogen-bond donors (Lipinski definition) is 1. The Bertz CT molecular complexity index is 866. The van der Waals surface area contributed by atoms with Gasteiger partial charge in [0.25, 0.3) is 0 Å². The predicted molar refractivity (Wildman–Crippen MR) is 91.6 cm³/mol. The van der Waals surface area contributed by atoms with Gasteiger partial charge < -0.3 is 14.4 Å². The van der Waals surface area contributed by atoms with Crippen LogP contribution in [-0.2, 0) is 0 Å². The molecule has 0 aliphatic heterocycles. The molecule has 0 spiro atoms. The van der Waals surface area contributed by atoms with Crippen molar-refractivity contribution in [2.24, 2.45) is 0 Å². The molecule has 1 heterocycles. The molecule has 3 rings (SSSR count). The first-order valence-electron chi connectivity index (χ1n) is 7.35. The number of phenols is 1. The molecule has 0 fully saturated rings. The Balaban J connectivity index is 1.73. The number of aromatic nitrogens is 2. The second-order valence-electron chi connectivity index (χ2n) is 5.15. The molecule has 0 bridgehead atoms. The zero-order valence-corrected chi connectivity index (χ0v) is 13.1. The van der Waals surface area contributed by atoms with Crippen molar-refractivity contribution < 1.29 is 14.6 Å². The van der Waals surface area contributed by atoms with Gasteiger partial charge >= 0.3 is 0 Å². The number of carbonyl (C=O) groups is 1. The maximum absolute atomic E-state index is 12.2. The van der Waals surface area contributed by atoms with Crippen LogP contribution in [0, 0.1) is 0 Å². The summed E-state index contributed by atoms with van der Waals surface area (Å²) < 4.78 is 6.85. The van der Waals surface area contributed by atoms with Crippen molar-refractivity contribution >= 4 is 11.9 Å². The van der Waals surface area contributed by atoms with Crippen LogP contribution in [0.4, 0.5) is 0 Å². The van der Waals surface area contributed by atoms with Gasteiger partial charge in [0.15, 0.2) is 17.3 Å². The molecule has 0 aliphatic rings. The molecule has 0 amide bonds. The van der Waals surface area contributed by atoms with E-state index in [-0.39, 0.29) is 11.5 Å². The van der Waals surface area contributed by atoms with E-state index in [0.29, 0.717) is 11.3 Å². The number of ether oxygens (including phenoxy) is 1. The van der Waals surface area contributed by atoms with E-state index in [1.807, 2.05) is 22.9 Å². The Morgan fingerprint density at radius 3 is 2.62 bits per heavy atom. The highest BCUT2D eigenvalue weighted by Crippen LogP contribution is 2.26. The molecule has 1 N–H and O–H groups in total. The second-order valence-corrected chi connectivity index (χ2v) is 5.15. The highest BCUT2D eigenvalue weighted by molar-refractivity contribution is 6.06. The number of rotatable bonds is 5. The Morgan fingerprint density at radius 2 is 2.00 bits per heavy atom. The summed E-state index contributed by atoms with van der Waals surface area (Å²) in [6, 6.07) is 12.2. The third-order valence-corrected chi connectivity index (χ3v) is 3.58. The van der Waals surface area contributed by atoms with Gasteiger partial charge in [0.05, 0.1) is 13.4 Å². The van der Waals surface area contributed by atoms with Crippen LogP contribution in [-0.4, -0.2) is 27.6 Å². The lowest BCUT2D eigenvalue weighted by Gasteiger charge is -2.04. The standard InChI is InChI=1S/C19H16N2O3/c1-24-19-9-3-14(12-18(19)23)2-8-17(22)15-4-6-16(7-5-15)21-11-10-20-13-21/h2-13,23H,1H3/b8-2+. The van der Waals surface area contributed by atoms with E-state index >= 15 is 0 Å². The summed E-state index contributed by atoms with van der Waals surface area (Å²) in [4.78, 5) is 16.2. The molecular weight excluding hydrogens is 304 g/mol. The zero-order chi connectivity index (χ0) is 16.9. The Morgan fingerprint density at radius 1 is 1.21 bits per heavy atom. The van der Waals surface area contributed by atoms with Crippen molar-refractivity contribution in [3.8, 4) is 17.2 Å². The van der Waals surface area contributed by atoms with Crippen LogP contribution in [0.25, 0.3) is 11.8 Å². The summed E-state index contributed by atoms with van der Waals surface area (Å²) >= 11 is 0. The molecule has 3 aromatic rings. The number of phenolic OH excluding ortho intramolecular Hbond substituents is 1. The summed E-state index contributed by atoms with van der Waals surface area (Å²) in [6.07, 6.45) is 8.38. The highest BCUT2D eigenvalue weighted by Gasteiger charge is 2.04. The third kappa shape index (κ3) is 3.35. The maximum atomic E-state index is 12.2. The van der Waals surface area contributed by atoms with E-state index in [4.69, 9.17) is 4.74 Å². The molecule has 0 aliphatic carbocycles. The topological polar surface area (TPSA) is 64.4 Å². The number of benzene rings is 2. The summed E-state index contributed by atoms with van der Waals surface area (Å²) in [6.45, 7) is 0. The molecule has 0 unspecified atom stereocenters. The molecule has 0 atom stereocenters. The van der Waals surface area contributed by atoms with Crippen LogP contribution in [0.5, 0.6) is 11.5 Å². The van der Waals surface area contributed by atoms with E-state index < -0.39 is 0 Å². The smallest absolute Gasteiger partial charge is 0.185 e. The first kappa shape index (κ1) is 15.6. The summed E-state index contributed by atoms with van der Waals surface area (Å²) in [5, 5.41) is 9.74. The van der Waals surface area contributed by atoms with Crippen molar-refractivity contribution in [3.05, 3.63) is 78.4 Å². The highest BCUT2D eigenvalue weighted by atomic mass is 16.5. The van der Waals surface area contributed by atoms with Gasteiger partial charge in [-0.05, 0) is 48.0 Å². The van der Waals surface area contributed by atoms with Gasteiger partial charge in [0, 0.05) is 23.6 Å². The van der Waals surface area contributed by atoms with Gasteiger partial charge in [-0.2, -0.15) is 0 Å². The lowest BCUT2D eigenvalue weighted by molar-refractivity contribution is 0.104. The Hall–Kier alpha value is -3.34. The number of hydrogen-bond acceptors (Lipinski definition) is 4. The van der Waals surface area contributed by atoms with Crippen molar-refractivity contribution in [1.29, 1.82) is 0 Å². The van der Waals surface area contributed by atoms with Crippen LogP contribution in [0.1, 0.15) is 15.9 Å². The summed E-state index contributed by atoms with van der Waals surface area (Å²) in [7, 11) is 1.49. The van der Waals surface area contributed by atoms with Crippen molar-refractivity contribution in [2.75, 3.05) is 7.11 Å². The summed E-state index contributed by atoms with van der Waals surface area (Å²) in [5.41, 5.74) is 2.25. The quantitative estimate of drug-likeness (QED) is 0.577. The predicted octanol–water partition coefficient (Wildman–Crippen LogP) is 3.48. The number of ketones is 1. The SMILES string of the molecule is COc1ccc(/C=C/C(=O)c2ccc(-n3ccnc3)cc2)cc1O. The molecular formula is C19H16N2O3. The molecule has 120 valence electrons. The molecule has 5 heteroatoms. The van der Waals surface area contributed by atoms with E-state index in [2.05, 4.69) is 4.98 Å². The number of aromatic hydroxyl groups is 1. The lowest BCUT2D eigenvalue weighted by atomic mass is 10.1. The minimum absolute atomic E-state index is 0.0387. The minimum Gasteiger partial charge on any atom is -0.504 e. The van der Waals surface area contributed by atoms with Crippen molar-refractivity contribution in [2.45, 2.75) is 0 Å². The van der Waals surface area contributed by atoms with Crippen LogP contribution >= 0.6 is 0 Å². The van der Waals surface area contributed by atoms with Gasteiger partial charge in [-0.15, -0.1) is 0 Å². The first-order chi connectivity index (χ1) is 11.7. The number of imidazole rings is 1. The van der Waals surface area contributed by atoms with Gasteiger partial charge in [-0.3, -0.25) is 4.79 Å². The van der Waals surface area contributed by atoms with E-state index in [0.717, 1.165) is 11.3 Å². The monoisotopic (exact) mass is 320 g/mol. The number of nitrogens with zero attached hydrogens (tertiary/aromatic N) is 2. The number of carbonyl (C=O) groups excluding carboxylic acids is 1. The normalized spacial score (nSPS) is 10.9. The molecule has 0 saturated carbocycles. The third-order valence-electron chi connectivity index (χ3n) is 3.58. The molecule has 5 nitrogen and oxygen atoms in total. The van der Waals surface area contributed by atoms with Crippen molar-refractivity contribution in [1.82, 2.24) is 9.55 Å². The second kappa shape index (κ2) is 6.83. The molecule has 0 saturated heterocycles. The van der Waals surface area contributed by atoms with E-state index in [9.17, 15) is 9.90 Å². The maximum Gasteiger partial charge on any atom is 0.185 e. The Kier molecular flexibility index (Phi) is 4.43. The number of methoxy groups -OCH3 is 1. The summed E-state index contributed by atoms with van der Waals surface area (Å²) in [5.74, 6) is 0.327. The van der Waals surface area contributed by atoms with Crippen LogP contribution in [0.2, 0.25) is 0 Å². The average Bonchev–Trinajstić information content (AvgIpc) is 3.14. The van der Waals surface area contributed by atoms with Gasteiger partial charge in [-0.1, -0.05) is 12.1 Å². The first-order valence-corrected chi connectivity index (χ1v) is 7.35. The van der Waals surface area contributed by atoms with Gasteiger partial charge in [-0.25, -0.2) is 4.98 Å². The molecule has 24 heavy (non-hydrogen) atoms. The molecule has 2 aromatic carbocycles. The van der Waals surface area contributed by atoms with Gasteiger partial charge in [0.2, 0.25) is 0 Å². The average molecular weight is 320 g/mol. The van der Waals surface area contributed by atoms with E-state index in [1.165, 1.54) is 13.2 Å². The lowest BCUT2D eigenvalue weighted by Crippen LogP contribution is -1.96. The molecule has 1 aromatic heterocycles. The van der Waals surface area contributed by atoms with Crippen LogP contribution in [0.3, 0.4) is 0 Å². The van der Waals surface area contributed by atoms with Gasteiger partial charge in [0.1, 0.15) is 0 Å². The largest absolute Gasteiger partial charge is 0.504 e. The zero-order valence-electron chi connectivity index (χ0n) is 13.1. The van der Waals surface area contributed by atoms with Crippen LogP contribution in [0.15, 0.2) is 67.3 Å². The van der Waals surface area contributed by atoms with Crippen LogP contribution < -0.4 is 4.74 Å². The fourth-order valence-corrected chi connectivity index (χ4v) is 2.29. The minimum atomic E-state index is -0.109. The number of allylic oxidation sites excluding steroid dienone is 1. The molecule has 0 radical (unpaired) electrons.